The molecule has 0 aromatic carbocycles. The molecule has 3 aliphatic heterocycles. The van der Waals surface area contributed by atoms with Crippen molar-refractivity contribution in [3.63, 3.8) is 0 Å². The number of nitrogens with zero attached hydrogens (tertiary/aromatic N) is 4. The van der Waals surface area contributed by atoms with Crippen LogP contribution in [0.5, 0.6) is 0 Å². The summed E-state index contributed by atoms with van der Waals surface area (Å²) in [5.74, 6) is 0. The van der Waals surface area contributed by atoms with Crippen molar-refractivity contribution in [1.82, 2.24) is 39.9 Å². The molecule has 40 heavy (non-hydrogen) atoms. The van der Waals surface area contributed by atoms with Gasteiger partial charge in [0.25, 0.3) is 0 Å². The number of pyridine rings is 4. The predicted molar refractivity (Wildman–Crippen MR) is 156 cm³/mol. The van der Waals surface area contributed by atoms with Gasteiger partial charge in [0, 0.05) is 109 Å². The fraction of sp³-hybridized carbons (Fsp3) is 0. The maximum absolute atomic E-state index is 5.12. The summed E-state index contributed by atoms with van der Waals surface area (Å²) in [6.45, 7) is 0. The molecule has 4 N–H and O–H groups in total. The fourth-order valence-corrected chi connectivity index (χ4v) is 5.95. The standard InChI is InChI=1S/C32H20N8/c1-5-33-13-21-17(1)25-9-26-18-2-6-35-15-23(18)31(38-26)12-32-24-16-36-8-4-20(24)28(40-32)11-30-22-14-34-7-3-19(22)27(39-30)10-29(21)37-25/h1-16,33,38-40H. The van der Waals surface area contributed by atoms with Crippen LogP contribution in [-0.4, -0.2) is 39.9 Å². The van der Waals surface area contributed by atoms with Gasteiger partial charge in [-0.2, -0.15) is 0 Å². The van der Waals surface area contributed by atoms with E-state index in [1.54, 1.807) is 0 Å². The van der Waals surface area contributed by atoms with E-state index in [0.29, 0.717) is 0 Å². The van der Waals surface area contributed by atoms with Crippen molar-refractivity contribution in [2.24, 2.45) is 0 Å². The van der Waals surface area contributed by atoms with Crippen LogP contribution in [0, 0.1) is 0 Å². The van der Waals surface area contributed by atoms with Crippen LogP contribution in [0.25, 0.3) is 67.7 Å². The third-order valence-electron chi connectivity index (χ3n) is 7.81. The normalized spacial score (nSPS) is 12.8. The molecule has 0 unspecified atom stereocenters. The van der Waals surface area contributed by atoms with Crippen LogP contribution in [0.1, 0.15) is 22.8 Å². The van der Waals surface area contributed by atoms with Crippen molar-refractivity contribution in [3.8, 4) is 11.1 Å². The second kappa shape index (κ2) is 7.87. The summed E-state index contributed by atoms with van der Waals surface area (Å²) >= 11 is 0. The molecule has 0 radical (unpaired) electrons. The second-order valence-electron chi connectivity index (χ2n) is 10.1. The number of rotatable bonds is 0. The Morgan fingerprint density at radius 2 is 1.02 bits per heavy atom. The fourth-order valence-electron chi connectivity index (χ4n) is 5.95. The summed E-state index contributed by atoms with van der Waals surface area (Å²) in [6, 6.07) is 8.21. The van der Waals surface area contributed by atoms with Gasteiger partial charge < -0.3 is 19.9 Å². The Labute approximate surface area is 225 Å². The summed E-state index contributed by atoms with van der Waals surface area (Å²) in [5.41, 5.74) is 5.87. The number of fused-ring (bicyclic) bond motifs is 20. The van der Waals surface area contributed by atoms with Gasteiger partial charge in [0.2, 0.25) is 0 Å². The summed E-state index contributed by atoms with van der Waals surface area (Å²) < 4.78 is 0. The highest BCUT2D eigenvalue weighted by Gasteiger charge is 2.16. The Kier molecular flexibility index (Phi) is 4.17. The minimum Gasteiger partial charge on any atom is -0.367 e. The zero-order chi connectivity index (χ0) is 26.2. The molecule has 8 nitrogen and oxygen atoms in total. The first kappa shape index (κ1) is 21.2. The van der Waals surface area contributed by atoms with E-state index in [1.807, 2.05) is 67.8 Å². The van der Waals surface area contributed by atoms with Crippen LogP contribution in [-0.2, 0) is 0 Å². The molecule has 0 spiro atoms. The number of hydrogen-bond donors (Lipinski definition) is 4. The minimum atomic E-state index is 0.889. The number of hydrogen-bond acceptors (Lipinski definition) is 4. The third kappa shape index (κ3) is 3.01. The van der Waals surface area contributed by atoms with Crippen LogP contribution >= 0.6 is 0 Å². The Balaban J connectivity index is 1.50. The van der Waals surface area contributed by atoms with Gasteiger partial charge in [-0.15, -0.1) is 0 Å². The maximum Gasteiger partial charge on any atom is 0.0751 e. The summed E-state index contributed by atoms with van der Waals surface area (Å²) in [7, 11) is 0. The molecular formula is C32H20N8. The van der Waals surface area contributed by atoms with E-state index in [4.69, 9.17) is 4.98 Å². The molecule has 8 heteroatoms. The Morgan fingerprint density at radius 1 is 0.475 bits per heavy atom. The molecule has 3 aliphatic rings. The predicted octanol–water partition coefficient (Wildman–Crippen LogP) is 2.77. The first-order chi connectivity index (χ1) is 19.8. The highest BCUT2D eigenvalue weighted by Crippen LogP contribution is 2.30. The van der Waals surface area contributed by atoms with Crippen LogP contribution in [0.2, 0.25) is 0 Å². The molecular weight excluding hydrogens is 496 g/mol. The van der Waals surface area contributed by atoms with E-state index in [-0.39, 0.29) is 0 Å². The average molecular weight is 517 g/mol. The smallest absolute Gasteiger partial charge is 0.0751 e. The SMILES string of the molecule is C1=c2[nH]c(c3cnccc23)=Cc2[nH]c(c3ccncc23)C=c2[nH]c(c3ccncc23)=Cc2nc1c1cc[nH]cc2-1. The van der Waals surface area contributed by atoms with Crippen molar-refractivity contribution in [1.29, 1.82) is 0 Å². The Hall–Kier alpha value is -5.76. The van der Waals surface area contributed by atoms with E-state index in [2.05, 4.69) is 65.3 Å². The number of aromatic nitrogens is 8. The topological polar surface area (TPSA) is 115 Å². The quantitative estimate of drug-likeness (QED) is 0.248. The lowest BCUT2D eigenvalue weighted by molar-refractivity contribution is 1.24. The van der Waals surface area contributed by atoms with Gasteiger partial charge in [-0.3, -0.25) is 15.0 Å². The highest BCUT2D eigenvalue weighted by molar-refractivity contribution is 5.97. The Morgan fingerprint density at radius 3 is 1.70 bits per heavy atom. The number of nitrogens with one attached hydrogen (secondary N) is 4. The van der Waals surface area contributed by atoms with Crippen molar-refractivity contribution in [3.05, 3.63) is 118 Å². The molecule has 0 aliphatic carbocycles. The lowest BCUT2D eigenvalue weighted by Gasteiger charge is -1.98. The van der Waals surface area contributed by atoms with Crippen LogP contribution in [0.4, 0.5) is 0 Å². The van der Waals surface area contributed by atoms with E-state index in [1.165, 1.54) is 0 Å². The summed E-state index contributed by atoms with van der Waals surface area (Å²) in [6.07, 6.45) is 23.7. The average Bonchev–Trinajstić information content (AvgIpc) is 3.73. The maximum atomic E-state index is 5.12. The van der Waals surface area contributed by atoms with Gasteiger partial charge in [0.15, 0.2) is 0 Å². The molecule has 9 rings (SSSR count). The monoisotopic (exact) mass is 516 g/mol. The van der Waals surface area contributed by atoms with Gasteiger partial charge in [0.1, 0.15) is 0 Å². The van der Waals surface area contributed by atoms with E-state index >= 15 is 0 Å². The van der Waals surface area contributed by atoms with Crippen LogP contribution in [0.15, 0.2) is 73.8 Å². The van der Waals surface area contributed by atoms with Crippen molar-refractivity contribution in [2.75, 3.05) is 0 Å². The molecule has 0 saturated carbocycles. The van der Waals surface area contributed by atoms with Gasteiger partial charge in [0.05, 0.1) is 27.8 Å². The van der Waals surface area contributed by atoms with E-state index in [9.17, 15) is 0 Å². The first-order valence-electron chi connectivity index (χ1n) is 13.0. The molecule has 9 heterocycles. The lowest BCUT2D eigenvalue weighted by atomic mass is 10.1. The largest absolute Gasteiger partial charge is 0.367 e. The molecule has 8 bridgehead atoms. The molecule has 6 aromatic heterocycles. The first-order valence-corrected chi connectivity index (χ1v) is 13.0. The zero-order valence-electron chi connectivity index (χ0n) is 21.0. The van der Waals surface area contributed by atoms with E-state index in [0.717, 1.165) is 87.6 Å². The summed E-state index contributed by atoms with van der Waals surface area (Å²) in [4.78, 5) is 32.6. The summed E-state index contributed by atoms with van der Waals surface area (Å²) in [5, 5.41) is 10.3. The van der Waals surface area contributed by atoms with Crippen LogP contribution in [0.3, 0.4) is 0 Å². The van der Waals surface area contributed by atoms with E-state index < -0.39 is 0 Å². The van der Waals surface area contributed by atoms with Crippen LogP contribution < -0.4 is 21.4 Å². The van der Waals surface area contributed by atoms with Crippen molar-refractivity contribution in [2.45, 2.75) is 0 Å². The number of H-pyrrole nitrogens is 4. The second-order valence-corrected chi connectivity index (χ2v) is 10.1. The molecule has 0 saturated heterocycles. The van der Waals surface area contributed by atoms with Crippen molar-refractivity contribution < 1.29 is 0 Å². The minimum absolute atomic E-state index is 0.889. The molecule has 0 amide bonds. The zero-order valence-corrected chi connectivity index (χ0v) is 21.0. The molecule has 6 aromatic rings. The molecule has 0 fully saturated rings. The molecule has 188 valence electrons. The molecule has 0 atom stereocenters. The number of aromatic amines is 4. The van der Waals surface area contributed by atoms with Crippen molar-refractivity contribution >= 4 is 56.6 Å². The van der Waals surface area contributed by atoms with Gasteiger partial charge >= 0.3 is 0 Å². The lowest BCUT2D eigenvalue weighted by Crippen LogP contribution is -2.11. The van der Waals surface area contributed by atoms with Gasteiger partial charge in [-0.1, -0.05) is 0 Å². The van der Waals surface area contributed by atoms with Gasteiger partial charge in [-0.05, 0) is 48.6 Å². The highest BCUT2D eigenvalue weighted by atomic mass is 14.8. The van der Waals surface area contributed by atoms with Gasteiger partial charge in [-0.25, -0.2) is 4.98 Å². The third-order valence-corrected chi connectivity index (χ3v) is 7.81. The Bertz CT molecular complexity index is 2330.